The normalized spacial score (nSPS) is 20.4. The summed E-state index contributed by atoms with van der Waals surface area (Å²) in [5, 5.41) is 1.09. The highest BCUT2D eigenvalue weighted by Crippen LogP contribution is 2.25. The minimum Gasteiger partial charge on any atom is -0.459 e. The molecule has 0 aromatic carbocycles. The number of carbonyl (C=O) groups is 1. The van der Waals surface area contributed by atoms with Gasteiger partial charge in [0, 0.05) is 4.88 Å². The van der Waals surface area contributed by atoms with Crippen molar-refractivity contribution in [2.24, 2.45) is 0 Å². The van der Waals surface area contributed by atoms with Crippen molar-refractivity contribution in [3.63, 3.8) is 0 Å². The Morgan fingerprint density at radius 1 is 1.45 bits per heavy atom. The summed E-state index contributed by atoms with van der Waals surface area (Å²) in [6, 6.07) is -0.112. The molecule has 1 fully saturated rings. The number of nitrogens with zero attached hydrogens (tertiary/aromatic N) is 2. The van der Waals surface area contributed by atoms with Gasteiger partial charge in [0.05, 0.1) is 12.2 Å². The summed E-state index contributed by atoms with van der Waals surface area (Å²) in [5.74, 6) is -0.0972. The van der Waals surface area contributed by atoms with Gasteiger partial charge in [-0.3, -0.25) is 9.69 Å². The van der Waals surface area contributed by atoms with Crippen molar-refractivity contribution in [3.05, 3.63) is 15.6 Å². The highest BCUT2D eigenvalue weighted by molar-refractivity contribution is 7.11. The van der Waals surface area contributed by atoms with Gasteiger partial charge in [-0.25, -0.2) is 4.98 Å². The Kier molecular flexibility index (Phi) is 4.49. The summed E-state index contributed by atoms with van der Waals surface area (Å²) in [5.41, 5.74) is 0.678. The van der Waals surface area contributed by atoms with Crippen LogP contribution < -0.4 is 0 Å². The zero-order chi connectivity index (χ0) is 14.9. The minimum absolute atomic E-state index is 0.0972. The molecule has 0 spiro atoms. The molecule has 20 heavy (non-hydrogen) atoms. The maximum Gasteiger partial charge on any atom is 0.323 e. The monoisotopic (exact) mass is 296 g/mol. The highest BCUT2D eigenvalue weighted by Gasteiger charge is 2.34. The number of ether oxygens (including phenoxy) is 1. The lowest BCUT2D eigenvalue weighted by Crippen LogP contribution is -2.40. The molecule has 1 saturated heterocycles. The van der Waals surface area contributed by atoms with E-state index in [4.69, 9.17) is 4.74 Å². The van der Waals surface area contributed by atoms with Crippen molar-refractivity contribution in [2.45, 2.75) is 65.6 Å². The summed E-state index contributed by atoms with van der Waals surface area (Å²) in [4.78, 5) is 20.3. The molecule has 2 heterocycles. The van der Waals surface area contributed by atoms with Crippen molar-refractivity contribution < 1.29 is 9.53 Å². The second-order valence-corrected chi connectivity index (χ2v) is 7.70. The van der Waals surface area contributed by atoms with Crippen molar-refractivity contribution in [1.82, 2.24) is 9.88 Å². The van der Waals surface area contributed by atoms with Crippen LogP contribution >= 0.6 is 11.3 Å². The molecule has 1 atom stereocenters. The van der Waals surface area contributed by atoms with Gasteiger partial charge in [-0.15, -0.1) is 11.3 Å². The van der Waals surface area contributed by atoms with E-state index in [1.165, 1.54) is 4.88 Å². The first-order chi connectivity index (χ1) is 9.26. The molecule has 0 N–H and O–H groups in total. The molecule has 5 heteroatoms. The fourth-order valence-electron chi connectivity index (χ4n) is 2.43. The molecule has 4 nitrogen and oxygen atoms in total. The summed E-state index contributed by atoms with van der Waals surface area (Å²) < 4.78 is 5.52. The van der Waals surface area contributed by atoms with Gasteiger partial charge in [0.25, 0.3) is 0 Å². The van der Waals surface area contributed by atoms with Gasteiger partial charge >= 0.3 is 5.97 Å². The van der Waals surface area contributed by atoms with Gasteiger partial charge in [-0.05, 0) is 54.0 Å². The fourth-order valence-corrected chi connectivity index (χ4v) is 3.39. The van der Waals surface area contributed by atoms with Crippen molar-refractivity contribution in [2.75, 3.05) is 6.54 Å². The Hall–Kier alpha value is -0.940. The van der Waals surface area contributed by atoms with Gasteiger partial charge in [0.1, 0.15) is 16.7 Å². The Balaban J connectivity index is 2.02. The second-order valence-electron chi connectivity index (χ2n) is 6.41. The first-order valence-electron chi connectivity index (χ1n) is 7.16. The quantitative estimate of drug-likeness (QED) is 0.804. The van der Waals surface area contributed by atoms with Gasteiger partial charge in [0.2, 0.25) is 0 Å². The predicted molar refractivity (Wildman–Crippen MR) is 80.9 cm³/mol. The van der Waals surface area contributed by atoms with Crippen LogP contribution in [0.5, 0.6) is 0 Å². The Bertz CT molecular complexity index is 471. The second kappa shape index (κ2) is 5.82. The third-order valence-corrected chi connectivity index (χ3v) is 4.51. The molecule has 0 unspecified atom stereocenters. The third-order valence-electron chi connectivity index (χ3n) is 3.45. The summed E-state index contributed by atoms with van der Waals surface area (Å²) in [7, 11) is 0. The van der Waals surface area contributed by atoms with E-state index in [2.05, 4.69) is 16.8 Å². The van der Waals surface area contributed by atoms with Crippen LogP contribution in [0.15, 0.2) is 0 Å². The highest BCUT2D eigenvalue weighted by atomic mass is 32.1. The van der Waals surface area contributed by atoms with Crippen LogP contribution in [0.4, 0.5) is 0 Å². The smallest absolute Gasteiger partial charge is 0.323 e. The largest absolute Gasteiger partial charge is 0.459 e. The number of rotatable bonds is 3. The molecule has 0 aliphatic carbocycles. The molecule has 1 aromatic rings. The van der Waals surface area contributed by atoms with Gasteiger partial charge in [0.15, 0.2) is 0 Å². The van der Waals surface area contributed by atoms with E-state index in [-0.39, 0.29) is 12.0 Å². The number of thiazole rings is 1. The minimum atomic E-state index is -0.417. The van der Waals surface area contributed by atoms with E-state index < -0.39 is 5.60 Å². The molecule has 0 bridgehead atoms. The molecular weight excluding hydrogens is 272 g/mol. The van der Waals surface area contributed by atoms with Crippen LogP contribution in [0.1, 0.15) is 49.2 Å². The van der Waals surface area contributed by atoms with Crippen LogP contribution in [0, 0.1) is 13.8 Å². The average molecular weight is 296 g/mol. The first-order valence-corrected chi connectivity index (χ1v) is 7.98. The van der Waals surface area contributed by atoms with Crippen LogP contribution in [0.25, 0.3) is 0 Å². The van der Waals surface area contributed by atoms with E-state index in [0.717, 1.165) is 36.6 Å². The lowest BCUT2D eigenvalue weighted by molar-refractivity contribution is -0.160. The molecule has 0 saturated carbocycles. The zero-order valence-electron chi connectivity index (χ0n) is 13.0. The fraction of sp³-hybridized carbons (Fsp3) is 0.733. The molecule has 1 aliphatic rings. The van der Waals surface area contributed by atoms with Crippen LogP contribution in [-0.4, -0.2) is 34.0 Å². The van der Waals surface area contributed by atoms with Gasteiger partial charge < -0.3 is 4.74 Å². The SMILES string of the molecule is Cc1nc(CN2CCC[C@@H]2C(=O)OC(C)(C)C)sc1C. The molecular formula is C15H24N2O2S. The van der Waals surface area contributed by atoms with Crippen molar-refractivity contribution >= 4 is 17.3 Å². The standard InChI is InChI=1S/C15H24N2O2S/c1-10-11(2)20-13(16-10)9-17-8-6-7-12(17)14(18)19-15(3,4)5/h12H,6-9H2,1-5H3/t12-/m1/s1. The molecule has 2 rings (SSSR count). The van der Waals surface area contributed by atoms with E-state index in [9.17, 15) is 4.79 Å². The maximum atomic E-state index is 12.3. The summed E-state index contributed by atoms with van der Waals surface area (Å²) in [6.07, 6.45) is 1.94. The Morgan fingerprint density at radius 2 is 2.15 bits per heavy atom. The maximum absolute atomic E-state index is 12.3. The van der Waals surface area contributed by atoms with Crippen molar-refractivity contribution in [3.8, 4) is 0 Å². The average Bonchev–Trinajstić information content (AvgIpc) is 2.85. The van der Waals surface area contributed by atoms with Gasteiger partial charge in [-0.1, -0.05) is 0 Å². The van der Waals surface area contributed by atoms with Crippen LogP contribution in [0.2, 0.25) is 0 Å². The number of hydrogen-bond donors (Lipinski definition) is 0. The van der Waals surface area contributed by atoms with Crippen LogP contribution in [-0.2, 0) is 16.1 Å². The summed E-state index contributed by atoms with van der Waals surface area (Å²) >= 11 is 1.72. The Morgan fingerprint density at radius 3 is 2.70 bits per heavy atom. The number of esters is 1. The van der Waals surface area contributed by atoms with E-state index in [1.807, 2.05) is 27.7 Å². The number of likely N-dealkylation sites (tertiary alicyclic amines) is 1. The van der Waals surface area contributed by atoms with Crippen LogP contribution in [0.3, 0.4) is 0 Å². The third kappa shape index (κ3) is 3.79. The van der Waals surface area contributed by atoms with E-state index in [0.29, 0.717) is 0 Å². The lowest BCUT2D eigenvalue weighted by Gasteiger charge is -2.26. The summed E-state index contributed by atoms with van der Waals surface area (Å²) in [6.45, 7) is 11.6. The van der Waals surface area contributed by atoms with E-state index in [1.54, 1.807) is 11.3 Å². The molecule has 0 radical (unpaired) electrons. The number of aryl methyl sites for hydroxylation is 2. The zero-order valence-corrected chi connectivity index (χ0v) is 13.8. The van der Waals surface area contributed by atoms with Gasteiger partial charge in [-0.2, -0.15) is 0 Å². The topological polar surface area (TPSA) is 42.4 Å². The molecule has 0 amide bonds. The molecule has 1 aromatic heterocycles. The van der Waals surface area contributed by atoms with Crippen molar-refractivity contribution in [1.29, 1.82) is 0 Å². The van der Waals surface area contributed by atoms with E-state index >= 15 is 0 Å². The lowest BCUT2D eigenvalue weighted by atomic mass is 10.1. The molecule has 112 valence electrons. The number of aromatic nitrogens is 1. The predicted octanol–water partition coefficient (Wildman–Crippen LogP) is 3.07. The molecule has 1 aliphatic heterocycles. The first kappa shape index (κ1) is 15.4. The number of carbonyl (C=O) groups excluding carboxylic acids is 1. The number of hydrogen-bond acceptors (Lipinski definition) is 5. The Labute approximate surface area is 125 Å².